The number of carboxylic acid groups (broad SMARTS) is 1. The number of methoxy groups -OCH3 is 1. The van der Waals surface area contributed by atoms with Gasteiger partial charge in [0.05, 0.1) is 18.6 Å². The molecule has 0 aliphatic carbocycles. The summed E-state index contributed by atoms with van der Waals surface area (Å²) in [6.07, 6.45) is 0. The van der Waals surface area contributed by atoms with E-state index >= 15 is 0 Å². The number of aromatic nitrogens is 1. The number of rotatable bonds is 6. The highest BCUT2D eigenvalue weighted by atomic mass is 32.2. The first-order valence-corrected chi connectivity index (χ1v) is 7.97. The molecule has 0 fully saturated rings. The van der Waals surface area contributed by atoms with Crippen molar-refractivity contribution >= 4 is 29.1 Å². The van der Waals surface area contributed by atoms with Crippen LogP contribution in [0.3, 0.4) is 0 Å². The summed E-state index contributed by atoms with van der Waals surface area (Å²) in [5, 5.41) is 9.60. The third-order valence-corrected chi connectivity index (χ3v) is 5.02. The van der Waals surface area contributed by atoms with Crippen LogP contribution < -0.4 is 4.74 Å². The van der Waals surface area contributed by atoms with Crippen molar-refractivity contribution in [3.63, 3.8) is 0 Å². The van der Waals surface area contributed by atoms with Crippen LogP contribution in [0.4, 0.5) is 0 Å². The number of hydrogen-bond acceptors (Lipinski definition) is 5. The van der Waals surface area contributed by atoms with Crippen molar-refractivity contribution in [2.75, 3.05) is 12.9 Å². The van der Waals surface area contributed by atoms with E-state index in [-0.39, 0.29) is 5.75 Å². The molecular weight excluding hydrogens is 294 g/mol. The number of thiazole rings is 1. The van der Waals surface area contributed by atoms with Gasteiger partial charge >= 0.3 is 5.97 Å². The van der Waals surface area contributed by atoms with Gasteiger partial charge < -0.3 is 9.84 Å². The number of aryl methyl sites for hydroxylation is 1. The van der Waals surface area contributed by atoms with Gasteiger partial charge in [-0.2, -0.15) is 0 Å². The number of carboxylic acids is 1. The van der Waals surface area contributed by atoms with Crippen LogP contribution in [0.5, 0.6) is 5.75 Å². The molecule has 1 aromatic heterocycles. The number of ether oxygens (including phenoxy) is 1. The Balaban J connectivity index is 2.11. The van der Waals surface area contributed by atoms with Crippen LogP contribution in [0, 0.1) is 6.92 Å². The second kappa shape index (κ2) is 6.76. The average molecular weight is 309 g/mol. The van der Waals surface area contributed by atoms with Gasteiger partial charge in [0.1, 0.15) is 10.8 Å². The molecule has 0 saturated carbocycles. The van der Waals surface area contributed by atoms with Crippen LogP contribution in [-0.2, 0) is 10.5 Å². The number of carbonyl (C=O) groups is 1. The minimum Gasteiger partial charge on any atom is -0.497 e. The Morgan fingerprint density at radius 3 is 2.70 bits per heavy atom. The van der Waals surface area contributed by atoms with E-state index in [2.05, 4.69) is 4.98 Å². The lowest BCUT2D eigenvalue weighted by atomic mass is 10.2. The predicted molar refractivity (Wildman–Crippen MR) is 82.6 cm³/mol. The minimum absolute atomic E-state index is 0.120. The zero-order valence-electron chi connectivity index (χ0n) is 11.3. The molecule has 106 valence electrons. The van der Waals surface area contributed by atoms with Crippen molar-refractivity contribution < 1.29 is 14.6 Å². The molecule has 0 atom stereocenters. The molecule has 0 spiro atoms. The maximum Gasteiger partial charge on any atom is 0.313 e. The van der Waals surface area contributed by atoms with Gasteiger partial charge in [0.15, 0.2) is 0 Å². The molecule has 0 saturated heterocycles. The third kappa shape index (κ3) is 3.74. The molecule has 20 heavy (non-hydrogen) atoms. The fourth-order valence-corrected chi connectivity index (χ4v) is 3.67. The second-order valence-electron chi connectivity index (χ2n) is 4.14. The Hall–Kier alpha value is -1.53. The highest BCUT2D eigenvalue weighted by molar-refractivity contribution is 7.99. The SMILES string of the molecule is COc1ccc(-c2nc(C)c(CSCC(=O)O)s2)cc1. The topological polar surface area (TPSA) is 59.4 Å². The van der Waals surface area contributed by atoms with E-state index in [1.165, 1.54) is 11.8 Å². The number of aliphatic carboxylic acids is 1. The van der Waals surface area contributed by atoms with Crippen LogP contribution in [0.1, 0.15) is 10.6 Å². The van der Waals surface area contributed by atoms with E-state index in [9.17, 15) is 4.79 Å². The van der Waals surface area contributed by atoms with Crippen LogP contribution >= 0.6 is 23.1 Å². The normalized spacial score (nSPS) is 10.5. The monoisotopic (exact) mass is 309 g/mol. The average Bonchev–Trinajstić information content (AvgIpc) is 2.80. The number of benzene rings is 1. The van der Waals surface area contributed by atoms with Crippen LogP contribution in [0.25, 0.3) is 10.6 Å². The quantitative estimate of drug-likeness (QED) is 0.885. The van der Waals surface area contributed by atoms with E-state index < -0.39 is 5.97 Å². The Labute approximate surface area is 125 Å². The Bertz CT molecular complexity index is 593. The molecule has 0 amide bonds. The van der Waals surface area contributed by atoms with Crippen molar-refractivity contribution in [1.82, 2.24) is 4.98 Å². The van der Waals surface area contributed by atoms with Gasteiger partial charge in [0.2, 0.25) is 0 Å². The second-order valence-corrected chi connectivity index (χ2v) is 6.21. The van der Waals surface area contributed by atoms with Gasteiger partial charge in [0, 0.05) is 16.2 Å². The van der Waals surface area contributed by atoms with Crippen LogP contribution in [-0.4, -0.2) is 28.9 Å². The first-order chi connectivity index (χ1) is 9.60. The molecule has 2 rings (SSSR count). The molecule has 0 bridgehead atoms. The molecule has 0 unspecified atom stereocenters. The molecule has 1 heterocycles. The zero-order chi connectivity index (χ0) is 14.5. The van der Waals surface area contributed by atoms with Crippen molar-refractivity contribution in [3.8, 4) is 16.3 Å². The highest BCUT2D eigenvalue weighted by Gasteiger charge is 2.10. The van der Waals surface area contributed by atoms with Gasteiger partial charge in [0.25, 0.3) is 0 Å². The van der Waals surface area contributed by atoms with Crippen molar-refractivity contribution in [1.29, 1.82) is 0 Å². The molecule has 1 N–H and O–H groups in total. The lowest BCUT2D eigenvalue weighted by molar-refractivity contribution is -0.133. The van der Waals surface area contributed by atoms with Gasteiger partial charge in [-0.05, 0) is 31.2 Å². The Morgan fingerprint density at radius 2 is 2.10 bits per heavy atom. The summed E-state index contributed by atoms with van der Waals surface area (Å²) >= 11 is 3.01. The van der Waals surface area contributed by atoms with E-state index in [1.54, 1.807) is 18.4 Å². The van der Waals surface area contributed by atoms with Gasteiger partial charge in [-0.15, -0.1) is 23.1 Å². The fraction of sp³-hybridized carbons (Fsp3) is 0.286. The first kappa shape index (κ1) is 14.9. The van der Waals surface area contributed by atoms with Gasteiger partial charge in [-0.3, -0.25) is 4.79 Å². The first-order valence-electron chi connectivity index (χ1n) is 6.00. The summed E-state index contributed by atoms with van der Waals surface area (Å²) < 4.78 is 5.13. The lowest BCUT2D eigenvalue weighted by Gasteiger charge is -2.00. The van der Waals surface area contributed by atoms with Gasteiger partial charge in [-0.1, -0.05) is 0 Å². The minimum atomic E-state index is -0.785. The largest absolute Gasteiger partial charge is 0.497 e. The third-order valence-electron chi connectivity index (χ3n) is 2.69. The van der Waals surface area contributed by atoms with Crippen LogP contribution in [0.2, 0.25) is 0 Å². The van der Waals surface area contributed by atoms with Gasteiger partial charge in [-0.25, -0.2) is 4.98 Å². The molecule has 1 aromatic carbocycles. The highest BCUT2D eigenvalue weighted by Crippen LogP contribution is 2.31. The number of hydrogen-bond donors (Lipinski definition) is 1. The Kier molecular flexibility index (Phi) is 5.03. The summed E-state index contributed by atoms with van der Waals surface area (Å²) in [6, 6.07) is 7.77. The van der Waals surface area contributed by atoms with E-state index in [1.807, 2.05) is 31.2 Å². The molecule has 2 aromatic rings. The molecule has 6 heteroatoms. The van der Waals surface area contributed by atoms with Crippen molar-refractivity contribution in [3.05, 3.63) is 34.8 Å². The molecule has 0 aliphatic heterocycles. The van der Waals surface area contributed by atoms with Crippen molar-refractivity contribution in [2.24, 2.45) is 0 Å². The van der Waals surface area contributed by atoms with E-state index in [4.69, 9.17) is 9.84 Å². The number of nitrogens with zero attached hydrogens (tertiary/aromatic N) is 1. The van der Waals surface area contributed by atoms with Crippen molar-refractivity contribution in [2.45, 2.75) is 12.7 Å². The molecule has 0 aliphatic rings. The summed E-state index contributed by atoms with van der Waals surface area (Å²) in [6.45, 7) is 1.96. The standard InChI is InChI=1S/C14H15NO3S2/c1-9-12(7-19-8-13(16)17)20-14(15-9)10-3-5-11(18-2)6-4-10/h3-6H,7-8H2,1-2H3,(H,16,17). The Morgan fingerprint density at radius 1 is 1.40 bits per heavy atom. The molecule has 0 radical (unpaired) electrons. The predicted octanol–water partition coefficient (Wildman–Crippen LogP) is 3.44. The molecular formula is C14H15NO3S2. The summed E-state index contributed by atoms with van der Waals surface area (Å²) in [5.74, 6) is 0.841. The molecule has 4 nitrogen and oxygen atoms in total. The van der Waals surface area contributed by atoms with E-state index in [0.29, 0.717) is 5.75 Å². The summed E-state index contributed by atoms with van der Waals surface area (Å²) in [7, 11) is 1.64. The maximum atomic E-state index is 10.5. The summed E-state index contributed by atoms with van der Waals surface area (Å²) in [4.78, 5) is 16.2. The fourth-order valence-electron chi connectivity index (χ4n) is 1.65. The van der Waals surface area contributed by atoms with Crippen LogP contribution in [0.15, 0.2) is 24.3 Å². The van der Waals surface area contributed by atoms with E-state index in [0.717, 1.165) is 26.9 Å². The zero-order valence-corrected chi connectivity index (χ0v) is 12.9. The smallest absolute Gasteiger partial charge is 0.313 e. The lowest BCUT2D eigenvalue weighted by Crippen LogP contribution is -1.97. The maximum absolute atomic E-state index is 10.5. The summed E-state index contributed by atoms with van der Waals surface area (Å²) in [5.41, 5.74) is 2.02. The number of thioether (sulfide) groups is 1.